The van der Waals surface area contributed by atoms with Gasteiger partial charge < -0.3 is 29.2 Å². The number of rotatable bonds is 18. The molecule has 1 aromatic rings. The molecule has 3 rings (SSSR count). The van der Waals surface area contributed by atoms with Crippen molar-refractivity contribution < 1.29 is 33.3 Å². The minimum Gasteiger partial charge on any atom is -0.468 e. The van der Waals surface area contributed by atoms with Crippen LogP contribution in [-0.4, -0.2) is 75.4 Å². The first-order chi connectivity index (χ1) is 20.4. The largest absolute Gasteiger partial charge is 0.468 e. The number of methoxy groups -OCH3 is 2. The van der Waals surface area contributed by atoms with E-state index in [9.17, 15) is 14.4 Å². The smallest absolute Gasteiger partial charge is 0.320 e. The van der Waals surface area contributed by atoms with Crippen LogP contribution in [0, 0.1) is 11.3 Å². The fourth-order valence-corrected chi connectivity index (χ4v) is 6.04. The molecule has 0 spiro atoms. The number of hydrogen-bond donors (Lipinski definition) is 1. The summed E-state index contributed by atoms with van der Waals surface area (Å²) in [5.74, 6) is -1.45. The highest BCUT2D eigenvalue weighted by atomic mass is 16.6. The molecule has 0 saturated carbocycles. The van der Waals surface area contributed by atoms with E-state index in [0.29, 0.717) is 38.4 Å². The lowest BCUT2D eigenvalue weighted by molar-refractivity contribution is -0.178. The summed E-state index contributed by atoms with van der Waals surface area (Å²) < 4.78 is 22.8. The number of likely N-dealkylation sites (tertiary alicyclic amines) is 1. The highest BCUT2D eigenvalue weighted by Gasteiger charge is 2.59. The molecule has 2 aliphatic heterocycles. The Morgan fingerprint density at radius 1 is 1.07 bits per heavy atom. The van der Waals surface area contributed by atoms with Gasteiger partial charge in [0.1, 0.15) is 11.5 Å². The molecule has 1 N–H and O–H groups in total. The van der Waals surface area contributed by atoms with E-state index in [4.69, 9.17) is 18.9 Å². The molecule has 4 atom stereocenters. The second kappa shape index (κ2) is 17.4. The molecule has 1 fully saturated rings. The number of carbonyl (C=O) groups excluding carboxylic acids is 3. The maximum atomic E-state index is 14.0. The summed E-state index contributed by atoms with van der Waals surface area (Å²) in [6.45, 7) is 6.24. The van der Waals surface area contributed by atoms with Crippen LogP contribution < -0.4 is 5.32 Å². The maximum absolute atomic E-state index is 14.0. The average Bonchev–Trinajstić information content (AvgIpc) is 2.99. The third-order valence-corrected chi connectivity index (χ3v) is 8.31. The normalized spacial score (nSPS) is 23.7. The first-order valence-corrected chi connectivity index (χ1v) is 15.5. The van der Waals surface area contributed by atoms with Gasteiger partial charge in [-0.05, 0) is 37.8 Å². The number of hydrogen-bond acceptors (Lipinski definition) is 7. The molecule has 2 aliphatic rings. The van der Waals surface area contributed by atoms with E-state index < -0.39 is 29.5 Å². The monoisotopic (exact) mass is 586 g/mol. The van der Waals surface area contributed by atoms with Gasteiger partial charge in [-0.15, -0.1) is 0 Å². The molecule has 0 bridgehead atoms. The van der Waals surface area contributed by atoms with Gasteiger partial charge in [0.05, 0.1) is 26.4 Å². The van der Waals surface area contributed by atoms with E-state index in [0.717, 1.165) is 31.2 Å². The summed E-state index contributed by atoms with van der Waals surface area (Å²) in [5.41, 5.74) is 0.484. The molecular weight excluding hydrogens is 536 g/mol. The van der Waals surface area contributed by atoms with E-state index in [1.807, 2.05) is 43.3 Å². The number of ether oxygens (including phenoxy) is 4. The third-order valence-electron chi connectivity index (χ3n) is 8.31. The fourth-order valence-electron chi connectivity index (χ4n) is 6.04. The molecule has 9 heteroatoms. The van der Waals surface area contributed by atoms with Gasteiger partial charge in [-0.2, -0.15) is 0 Å². The van der Waals surface area contributed by atoms with Crippen LogP contribution in [-0.2, 0) is 39.9 Å². The quantitative estimate of drug-likeness (QED) is 0.195. The van der Waals surface area contributed by atoms with Crippen LogP contribution >= 0.6 is 0 Å². The Balaban J connectivity index is 1.84. The van der Waals surface area contributed by atoms with Crippen LogP contribution in [0.25, 0.3) is 0 Å². The Hall–Kier alpha value is -2.75. The number of nitrogens with zero attached hydrogens (tertiary/aromatic N) is 1. The number of benzene rings is 1. The number of fused-ring (bicyclic) bond motifs is 1. The number of nitrogens with one attached hydrogen (secondary N) is 1. The summed E-state index contributed by atoms with van der Waals surface area (Å²) in [5, 5.41) is 2.89. The first kappa shape index (κ1) is 33.7. The first-order valence-electron chi connectivity index (χ1n) is 15.5. The Morgan fingerprint density at radius 2 is 1.81 bits per heavy atom. The summed E-state index contributed by atoms with van der Waals surface area (Å²) in [6, 6.07) is 9.90. The lowest BCUT2D eigenvalue weighted by Crippen LogP contribution is -2.60. The lowest BCUT2D eigenvalue weighted by Gasteiger charge is -2.51. The van der Waals surface area contributed by atoms with E-state index in [1.54, 1.807) is 12.0 Å². The van der Waals surface area contributed by atoms with Crippen LogP contribution in [0.1, 0.15) is 77.2 Å². The van der Waals surface area contributed by atoms with Gasteiger partial charge in [0, 0.05) is 44.8 Å². The van der Waals surface area contributed by atoms with Crippen LogP contribution in [0.15, 0.2) is 42.1 Å². The molecule has 2 amide bonds. The maximum Gasteiger partial charge on any atom is 0.320 e. The highest BCUT2D eigenvalue weighted by molar-refractivity contribution is 5.92. The molecule has 1 saturated heterocycles. The van der Waals surface area contributed by atoms with E-state index in [1.165, 1.54) is 20.0 Å². The molecule has 1 aromatic carbocycles. The molecule has 2 heterocycles. The third kappa shape index (κ3) is 8.88. The second-order valence-corrected chi connectivity index (χ2v) is 11.4. The van der Waals surface area contributed by atoms with E-state index >= 15 is 0 Å². The topological polar surface area (TPSA) is 103 Å². The van der Waals surface area contributed by atoms with Crippen molar-refractivity contribution >= 4 is 17.8 Å². The number of amides is 2. The highest BCUT2D eigenvalue weighted by Crippen LogP contribution is 2.50. The van der Waals surface area contributed by atoms with Gasteiger partial charge in [0.15, 0.2) is 0 Å². The molecule has 0 radical (unpaired) electrons. The SMILES string of the molecule is CCCCCCCCN1C(=O)[C@@H](CC(=O)NCCCOC)C[C@@]2(C(=O)OC)C1=C[C@H](COCc1ccccc1)O[C@@H]2C. The Labute approximate surface area is 251 Å². The number of carbonyl (C=O) groups is 3. The zero-order chi connectivity index (χ0) is 30.4. The number of piperidine rings is 1. The van der Waals surface area contributed by atoms with Gasteiger partial charge in [-0.25, -0.2) is 0 Å². The van der Waals surface area contributed by atoms with Gasteiger partial charge in [0.2, 0.25) is 11.8 Å². The van der Waals surface area contributed by atoms with Gasteiger partial charge >= 0.3 is 5.97 Å². The predicted octanol–water partition coefficient (Wildman–Crippen LogP) is 4.79. The molecule has 42 heavy (non-hydrogen) atoms. The molecule has 234 valence electrons. The zero-order valence-electron chi connectivity index (χ0n) is 25.9. The van der Waals surface area contributed by atoms with Gasteiger partial charge in [-0.3, -0.25) is 14.4 Å². The lowest BCUT2D eigenvalue weighted by atomic mass is 9.66. The molecular formula is C33H50N2O7. The summed E-state index contributed by atoms with van der Waals surface area (Å²) in [6.07, 6.45) is 8.12. The van der Waals surface area contributed by atoms with Crippen molar-refractivity contribution in [2.24, 2.45) is 11.3 Å². The van der Waals surface area contributed by atoms with Gasteiger partial charge in [-0.1, -0.05) is 69.4 Å². The number of unbranched alkanes of at least 4 members (excludes halogenated alkanes) is 5. The van der Waals surface area contributed by atoms with Crippen molar-refractivity contribution in [3.63, 3.8) is 0 Å². The molecule has 0 aliphatic carbocycles. The minimum atomic E-state index is -1.19. The summed E-state index contributed by atoms with van der Waals surface area (Å²) in [7, 11) is 2.98. The van der Waals surface area contributed by atoms with Crippen molar-refractivity contribution in [1.82, 2.24) is 10.2 Å². The Morgan fingerprint density at radius 3 is 2.52 bits per heavy atom. The second-order valence-electron chi connectivity index (χ2n) is 11.4. The molecule has 9 nitrogen and oxygen atoms in total. The van der Waals surface area contributed by atoms with Crippen LogP contribution in [0.3, 0.4) is 0 Å². The average molecular weight is 587 g/mol. The fraction of sp³-hybridized carbons (Fsp3) is 0.667. The van der Waals surface area contributed by atoms with Crippen molar-refractivity contribution in [3.05, 3.63) is 47.7 Å². The van der Waals surface area contributed by atoms with Crippen LogP contribution in [0.2, 0.25) is 0 Å². The van der Waals surface area contributed by atoms with Crippen molar-refractivity contribution in [1.29, 1.82) is 0 Å². The standard InChI is InChI=1S/C33H50N2O7/c1-5-6-7-8-9-13-18-35-29-21-28(24-41-23-26-15-11-10-12-16-26)42-25(2)33(29,32(38)40-4)22-27(31(35)37)20-30(36)34-17-14-19-39-3/h10-12,15-16,21,25,27-28H,5-9,13-14,17-20,22-24H2,1-4H3,(H,34,36)/t25-,27+,28-,33+/m1/s1. The van der Waals surface area contributed by atoms with Crippen molar-refractivity contribution in [2.75, 3.05) is 40.5 Å². The van der Waals surface area contributed by atoms with Gasteiger partial charge in [0.25, 0.3) is 0 Å². The molecule has 0 unspecified atom stereocenters. The predicted molar refractivity (Wildman–Crippen MR) is 160 cm³/mol. The van der Waals surface area contributed by atoms with Crippen molar-refractivity contribution in [2.45, 2.75) is 90.4 Å². The number of esters is 1. The summed E-state index contributed by atoms with van der Waals surface area (Å²) in [4.78, 5) is 42.2. The van der Waals surface area contributed by atoms with Crippen molar-refractivity contribution in [3.8, 4) is 0 Å². The zero-order valence-corrected chi connectivity index (χ0v) is 25.9. The van der Waals surface area contributed by atoms with E-state index in [-0.39, 0.29) is 31.3 Å². The summed E-state index contributed by atoms with van der Waals surface area (Å²) >= 11 is 0. The minimum absolute atomic E-state index is 0.00117. The Bertz CT molecular complexity index is 1030. The molecule has 0 aromatic heterocycles. The van der Waals surface area contributed by atoms with E-state index in [2.05, 4.69) is 12.2 Å². The Kier molecular flexibility index (Phi) is 14.0. The van der Waals surface area contributed by atoms with Crippen LogP contribution in [0.4, 0.5) is 0 Å². The van der Waals surface area contributed by atoms with Crippen LogP contribution in [0.5, 0.6) is 0 Å².